The van der Waals surface area contributed by atoms with Crippen molar-refractivity contribution in [2.24, 2.45) is 11.3 Å². The number of hydrogen-bond acceptors (Lipinski definition) is 6. The van der Waals surface area contributed by atoms with Gasteiger partial charge in [0.05, 0.1) is 26.2 Å². The maximum absolute atomic E-state index is 13.2. The number of likely N-dealkylation sites (tertiary alicyclic amines) is 1. The minimum Gasteiger partial charge on any atom is -0.495 e. The minimum atomic E-state index is -3.80. The molecule has 1 atom stereocenters. The Morgan fingerprint density at radius 2 is 1.84 bits per heavy atom. The highest BCUT2D eigenvalue weighted by Crippen LogP contribution is 2.31. The van der Waals surface area contributed by atoms with Crippen LogP contribution in [-0.4, -0.2) is 75.9 Å². The van der Waals surface area contributed by atoms with Crippen molar-refractivity contribution in [2.45, 2.75) is 38.5 Å². The molecule has 1 aromatic carbocycles. The van der Waals surface area contributed by atoms with Gasteiger partial charge in [-0.25, -0.2) is 8.42 Å². The number of carbonyl (C=O) groups excluding carboxylic acids is 2. The molecule has 1 aromatic rings. The molecule has 0 aliphatic carbocycles. The second-order valence-corrected chi connectivity index (χ2v) is 11.1. The summed E-state index contributed by atoms with van der Waals surface area (Å²) in [7, 11) is -2.39. The van der Waals surface area contributed by atoms with Crippen LogP contribution in [0.2, 0.25) is 0 Å². The van der Waals surface area contributed by atoms with Gasteiger partial charge in [0.2, 0.25) is 21.8 Å². The normalized spacial score (nSPS) is 20.6. The van der Waals surface area contributed by atoms with Crippen LogP contribution >= 0.6 is 0 Å². The summed E-state index contributed by atoms with van der Waals surface area (Å²) in [5.41, 5.74) is -0.126. The number of ether oxygens (including phenoxy) is 2. The summed E-state index contributed by atoms with van der Waals surface area (Å²) in [6.07, 6.45) is 1.42. The van der Waals surface area contributed by atoms with Gasteiger partial charge < -0.3 is 19.7 Å². The molecule has 0 saturated carbocycles. The number of carbonyl (C=O) groups is 2. The first-order valence-electron chi connectivity index (χ1n) is 10.9. The number of nitrogens with zero attached hydrogens (tertiary/aromatic N) is 2. The number of nitrogens with one attached hydrogen (secondary N) is 1. The monoisotopic (exact) mass is 467 g/mol. The lowest BCUT2D eigenvalue weighted by Gasteiger charge is -2.35. The molecule has 0 radical (unpaired) electrons. The van der Waals surface area contributed by atoms with E-state index in [0.717, 1.165) is 6.42 Å². The first kappa shape index (κ1) is 24.5. The predicted molar refractivity (Wildman–Crippen MR) is 120 cm³/mol. The number of sulfonamides is 1. The zero-order valence-electron chi connectivity index (χ0n) is 19.2. The molecule has 2 fully saturated rings. The lowest BCUT2D eigenvalue weighted by atomic mass is 9.91. The molecule has 3 rings (SSSR count). The summed E-state index contributed by atoms with van der Waals surface area (Å²) < 4.78 is 38.2. The second-order valence-electron chi connectivity index (χ2n) is 9.21. The third-order valence-corrected chi connectivity index (χ3v) is 7.66. The first-order chi connectivity index (χ1) is 15.0. The third kappa shape index (κ3) is 5.41. The molecule has 2 aliphatic heterocycles. The van der Waals surface area contributed by atoms with Crippen molar-refractivity contribution in [1.82, 2.24) is 9.21 Å². The third-order valence-electron chi connectivity index (χ3n) is 5.74. The molecular weight excluding hydrogens is 434 g/mol. The van der Waals surface area contributed by atoms with Gasteiger partial charge in [-0.3, -0.25) is 9.59 Å². The molecule has 32 heavy (non-hydrogen) atoms. The van der Waals surface area contributed by atoms with Crippen molar-refractivity contribution in [1.29, 1.82) is 0 Å². The smallest absolute Gasteiger partial charge is 0.246 e. The van der Waals surface area contributed by atoms with Gasteiger partial charge in [-0.1, -0.05) is 20.8 Å². The summed E-state index contributed by atoms with van der Waals surface area (Å²) in [6.45, 7) is 7.81. The quantitative estimate of drug-likeness (QED) is 0.710. The van der Waals surface area contributed by atoms with Crippen LogP contribution in [0.25, 0.3) is 0 Å². The topological polar surface area (TPSA) is 105 Å². The van der Waals surface area contributed by atoms with E-state index in [0.29, 0.717) is 38.4 Å². The molecule has 0 bridgehead atoms. The fourth-order valence-corrected chi connectivity index (χ4v) is 5.57. The van der Waals surface area contributed by atoms with Crippen LogP contribution in [0.1, 0.15) is 33.6 Å². The molecule has 2 saturated heterocycles. The maximum atomic E-state index is 13.2. The van der Waals surface area contributed by atoms with E-state index in [4.69, 9.17) is 9.47 Å². The molecule has 10 heteroatoms. The summed E-state index contributed by atoms with van der Waals surface area (Å²) in [5, 5.41) is 2.84. The number of anilines is 1. The van der Waals surface area contributed by atoms with E-state index in [2.05, 4.69) is 5.32 Å². The van der Waals surface area contributed by atoms with Crippen molar-refractivity contribution in [3.8, 4) is 5.75 Å². The van der Waals surface area contributed by atoms with E-state index < -0.39 is 15.4 Å². The summed E-state index contributed by atoms with van der Waals surface area (Å²) >= 11 is 0. The fraction of sp³-hybridized carbons (Fsp3) is 0.636. The van der Waals surface area contributed by atoms with E-state index in [1.165, 1.54) is 17.5 Å². The number of methoxy groups -OCH3 is 1. The Bertz CT molecular complexity index is 951. The van der Waals surface area contributed by atoms with Crippen LogP contribution < -0.4 is 10.1 Å². The Balaban J connectivity index is 1.77. The van der Waals surface area contributed by atoms with Crippen molar-refractivity contribution in [3.05, 3.63) is 18.2 Å². The molecule has 2 aliphatic rings. The molecule has 1 N–H and O–H groups in total. The average Bonchev–Trinajstić information content (AvgIpc) is 2.78. The van der Waals surface area contributed by atoms with E-state index in [-0.39, 0.29) is 41.5 Å². The molecule has 1 unspecified atom stereocenters. The van der Waals surface area contributed by atoms with Gasteiger partial charge in [0, 0.05) is 37.3 Å². The lowest BCUT2D eigenvalue weighted by molar-refractivity contribution is -0.142. The fourth-order valence-electron chi connectivity index (χ4n) is 3.98. The standard InChI is InChI=1S/C22H33N3O6S/c1-22(2,3)21(27)24-9-5-6-16(15-24)20(26)23-17-7-8-18(30-4)19(14-17)32(28,29)25-10-12-31-13-11-25/h7-8,14,16H,5-6,9-13,15H2,1-4H3,(H,23,26). The van der Waals surface area contributed by atoms with Crippen LogP contribution in [0, 0.1) is 11.3 Å². The Kier molecular flexibility index (Phi) is 7.46. The Morgan fingerprint density at radius 3 is 2.47 bits per heavy atom. The summed E-state index contributed by atoms with van der Waals surface area (Å²) in [4.78, 5) is 27.3. The average molecular weight is 468 g/mol. The van der Waals surface area contributed by atoms with Gasteiger partial charge in [0.1, 0.15) is 10.6 Å². The van der Waals surface area contributed by atoms with Crippen LogP contribution in [0.15, 0.2) is 23.1 Å². The van der Waals surface area contributed by atoms with Gasteiger partial charge in [0.15, 0.2) is 0 Å². The van der Waals surface area contributed by atoms with Crippen molar-refractivity contribution >= 4 is 27.5 Å². The second kappa shape index (κ2) is 9.76. The van der Waals surface area contributed by atoms with E-state index in [1.807, 2.05) is 20.8 Å². The molecule has 0 spiro atoms. The van der Waals surface area contributed by atoms with Crippen molar-refractivity contribution in [2.75, 3.05) is 51.8 Å². The van der Waals surface area contributed by atoms with Crippen LogP contribution in [0.5, 0.6) is 5.75 Å². The molecule has 2 amide bonds. The van der Waals surface area contributed by atoms with Crippen LogP contribution in [-0.2, 0) is 24.3 Å². The number of morpholine rings is 1. The van der Waals surface area contributed by atoms with Crippen LogP contribution in [0.3, 0.4) is 0 Å². The molecule has 2 heterocycles. The van der Waals surface area contributed by atoms with Gasteiger partial charge in [0.25, 0.3) is 0 Å². The highest BCUT2D eigenvalue weighted by Gasteiger charge is 2.34. The number of benzene rings is 1. The van der Waals surface area contributed by atoms with Crippen molar-refractivity contribution in [3.63, 3.8) is 0 Å². The summed E-state index contributed by atoms with van der Waals surface area (Å²) in [6, 6.07) is 4.59. The minimum absolute atomic E-state index is 0.00730. The van der Waals surface area contributed by atoms with Gasteiger partial charge in [-0.05, 0) is 31.0 Å². The van der Waals surface area contributed by atoms with Gasteiger partial charge in [-0.2, -0.15) is 4.31 Å². The van der Waals surface area contributed by atoms with Gasteiger partial charge >= 0.3 is 0 Å². The number of piperidine rings is 1. The molecular formula is C22H33N3O6S. The van der Waals surface area contributed by atoms with Crippen molar-refractivity contribution < 1.29 is 27.5 Å². The SMILES string of the molecule is COc1ccc(NC(=O)C2CCCN(C(=O)C(C)(C)C)C2)cc1S(=O)(=O)N1CCOCC1. The van der Waals surface area contributed by atoms with E-state index in [9.17, 15) is 18.0 Å². The molecule has 178 valence electrons. The zero-order chi connectivity index (χ0) is 23.5. The lowest BCUT2D eigenvalue weighted by Crippen LogP contribution is -2.47. The summed E-state index contributed by atoms with van der Waals surface area (Å²) in [5.74, 6) is -0.333. The predicted octanol–water partition coefficient (Wildman–Crippen LogP) is 1.94. The maximum Gasteiger partial charge on any atom is 0.246 e. The van der Waals surface area contributed by atoms with Crippen LogP contribution in [0.4, 0.5) is 5.69 Å². The van der Waals surface area contributed by atoms with E-state index >= 15 is 0 Å². The number of rotatable bonds is 5. The number of hydrogen-bond donors (Lipinski definition) is 1. The largest absolute Gasteiger partial charge is 0.495 e. The molecule has 9 nitrogen and oxygen atoms in total. The Labute approximate surface area is 190 Å². The highest BCUT2D eigenvalue weighted by molar-refractivity contribution is 7.89. The number of amides is 2. The Morgan fingerprint density at radius 1 is 1.16 bits per heavy atom. The molecule has 0 aromatic heterocycles. The highest BCUT2D eigenvalue weighted by atomic mass is 32.2. The van der Waals surface area contributed by atoms with E-state index in [1.54, 1.807) is 17.0 Å². The first-order valence-corrected chi connectivity index (χ1v) is 12.3. The Hall–Kier alpha value is -2.17. The zero-order valence-corrected chi connectivity index (χ0v) is 20.0. The van der Waals surface area contributed by atoms with Gasteiger partial charge in [-0.15, -0.1) is 0 Å².